The fourth-order valence-electron chi connectivity index (χ4n) is 2.25. The van der Waals surface area contributed by atoms with Crippen LogP contribution in [0.5, 0.6) is 0 Å². The van der Waals surface area contributed by atoms with Crippen LogP contribution in [0.25, 0.3) is 0 Å². The van der Waals surface area contributed by atoms with Crippen molar-refractivity contribution in [2.24, 2.45) is 5.73 Å². The fourth-order valence-corrected chi connectivity index (χ4v) is 4.15. The predicted octanol–water partition coefficient (Wildman–Crippen LogP) is 2.69. The second kappa shape index (κ2) is 9.20. The maximum atomic E-state index is 12.2. The van der Waals surface area contributed by atoms with Gasteiger partial charge in [0, 0.05) is 5.56 Å². The van der Waals surface area contributed by atoms with E-state index < -0.39 is 5.91 Å². The highest BCUT2D eigenvalue weighted by molar-refractivity contribution is 8.01. The number of aryl methyl sites for hydroxylation is 1. The molecule has 0 radical (unpaired) electrons. The van der Waals surface area contributed by atoms with Crippen LogP contribution < -0.4 is 16.4 Å². The van der Waals surface area contributed by atoms with Crippen LogP contribution in [-0.4, -0.2) is 35.0 Å². The lowest BCUT2D eigenvalue weighted by Crippen LogP contribution is -2.32. The van der Waals surface area contributed by atoms with Gasteiger partial charge in [-0.05, 0) is 30.0 Å². The molecule has 0 unspecified atom stereocenters. The van der Waals surface area contributed by atoms with E-state index in [1.807, 2.05) is 12.1 Å². The van der Waals surface area contributed by atoms with Crippen molar-refractivity contribution >= 4 is 46.0 Å². The van der Waals surface area contributed by atoms with Crippen LogP contribution >= 0.6 is 23.1 Å². The summed E-state index contributed by atoms with van der Waals surface area (Å²) >= 11 is 2.55. The number of aromatic nitrogens is 1. The van der Waals surface area contributed by atoms with Crippen molar-refractivity contribution in [1.82, 2.24) is 10.3 Å². The van der Waals surface area contributed by atoms with Crippen molar-refractivity contribution in [2.75, 3.05) is 17.6 Å². The van der Waals surface area contributed by atoms with Gasteiger partial charge in [0.25, 0.3) is 5.91 Å². The summed E-state index contributed by atoms with van der Waals surface area (Å²) in [4.78, 5) is 39.4. The molecule has 0 saturated heterocycles. The molecule has 0 saturated carbocycles. The van der Waals surface area contributed by atoms with Crippen molar-refractivity contribution in [3.8, 4) is 0 Å². The number of rotatable bonds is 7. The monoisotopic (exact) mass is 420 g/mol. The first-order chi connectivity index (χ1) is 13.1. The van der Waals surface area contributed by atoms with E-state index in [0.717, 1.165) is 15.5 Å². The van der Waals surface area contributed by atoms with Gasteiger partial charge in [0.2, 0.25) is 11.8 Å². The van der Waals surface area contributed by atoms with Crippen LogP contribution in [0.2, 0.25) is 0 Å². The van der Waals surface area contributed by atoms with Gasteiger partial charge in [0.1, 0.15) is 0 Å². The van der Waals surface area contributed by atoms with Crippen LogP contribution in [0.1, 0.15) is 42.4 Å². The van der Waals surface area contributed by atoms with E-state index >= 15 is 0 Å². The minimum Gasteiger partial charge on any atom is -0.369 e. The molecule has 3 amide bonds. The number of carbonyl (C=O) groups excluding carboxylic acids is 3. The topological polar surface area (TPSA) is 114 Å². The van der Waals surface area contributed by atoms with E-state index in [0.29, 0.717) is 10.7 Å². The molecule has 2 aromatic rings. The van der Waals surface area contributed by atoms with Crippen molar-refractivity contribution in [3.63, 3.8) is 0 Å². The Morgan fingerprint density at radius 1 is 1.18 bits per heavy atom. The quantitative estimate of drug-likeness (QED) is 0.596. The second-order valence-electron chi connectivity index (χ2n) is 7.21. The smallest absolute Gasteiger partial charge is 0.251 e. The minimum atomic E-state index is -0.415. The van der Waals surface area contributed by atoms with Gasteiger partial charge in [-0.25, -0.2) is 4.98 Å². The Kier molecular flexibility index (Phi) is 7.20. The van der Waals surface area contributed by atoms with Gasteiger partial charge in [-0.1, -0.05) is 44.2 Å². The van der Waals surface area contributed by atoms with Gasteiger partial charge in [-0.15, -0.1) is 11.8 Å². The molecule has 0 atom stereocenters. The number of nitrogens with one attached hydrogen (secondary N) is 2. The first-order valence-corrected chi connectivity index (χ1v) is 10.4. The molecular weight excluding hydrogens is 396 g/mol. The van der Waals surface area contributed by atoms with Crippen LogP contribution in [0.4, 0.5) is 5.13 Å². The average molecular weight is 421 g/mol. The predicted molar refractivity (Wildman–Crippen MR) is 113 cm³/mol. The Morgan fingerprint density at radius 2 is 1.82 bits per heavy atom. The van der Waals surface area contributed by atoms with Gasteiger partial charge in [-0.2, -0.15) is 0 Å². The Labute approximate surface area is 172 Å². The van der Waals surface area contributed by atoms with Gasteiger partial charge in [0.15, 0.2) is 5.13 Å². The van der Waals surface area contributed by atoms with E-state index in [4.69, 9.17) is 5.73 Å². The standard InChI is InChI=1S/C19H24N4O3S2/c1-11-17(27-10-14(20)24)28-18(22-11)23-15(25)9-21-16(26)12-5-7-13(8-6-12)19(2,3)4/h5-8H,9-10H2,1-4H3,(H2,20,24)(H,21,26)(H,22,23,25). The number of hydrogen-bond acceptors (Lipinski definition) is 6. The molecule has 150 valence electrons. The van der Waals surface area contributed by atoms with Crippen LogP contribution in [0.15, 0.2) is 28.5 Å². The van der Waals surface area contributed by atoms with Crippen molar-refractivity contribution in [3.05, 3.63) is 41.1 Å². The van der Waals surface area contributed by atoms with Gasteiger partial charge in [-0.3, -0.25) is 14.4 Å². The van der Waals surface area contributed by atoms with Gasteiger partial charge in [0.05, 0.1) is 22.2 Å². The maximum absolute atomic E-state index is 12.2. The number of thiazole rings is 1. The van der Waals surface area contributed by atoms with E-state index in [1.165, 1.54) is 23.1 Å². The molecule has 0 spiro atoms. The molecule has 4 N–H and O–H groups in total. The Morgan fingerprint density at radius 3 is 2.39 bits per heavy atom. The summed E-state index contributed by atoms with van der Waals surface area (Å²) in [6.45, 7) is 7.93. The first kappa shape index (κ1) is 21.9. The summed E-state index contributed by atoms with van der Waals surface area (Å²) in [6.07, 6.45) is 0. The van der Waals surface area contributed by atoms with Crippen molar-refractivity contribution in [2.45, 2.75) is 37.3 Å². The number of nitrogens with two attached hydrogens (primary N) is 1. The zero-order valence-corrected chi connectivity index (χ0v) is 17.9. The van der Waals surface area contributed by atoms with E-state index in [1.54, 1.807) is 19.1 Å². The second-order valence-corrected chi connectivity index (χ2v) is 9.45. The van der Waals surface area contributed by atoms with Crippen LogP contribution in [0, 0.1) is 6.92 Å². The largest absolute Gasteiger partial charge is 0.369 e. The summed E-state index contributed by atoms with van der Waals surface area (Å²) in [5.74, 6) is -0.953. The summed E-state index contributed by atoms with van der Waals surface area (Å²) in [5.41, 5.74) is 7.49. The Hall–Kier alpha value is -2.39. The molecular formula is C19H24N4O3S2. The number of thioether (sulfide) groups is 1. The number of carbonyl (C=O) groups is 3. The number of benzene rings is 1. The summed E-state index contributed by atoms with van der Waals surface area (Å²) in [7, 11) is 0. The Bertz CT molecular complexity index is 870. The molecule has 0 aliphatic heterocycles. The Balaban J connectivity index is 1.87. The summed E-state index contributed by atoms with van der Waals surface area (Å²) in [5, 5.41) is 5.66. The summed E-state index contributed by atoms with van der Waals surface area (Å²) in [6, 6.07) is 7.33. The molecule has 0 fully saturated rings. The maximum Gasteiger partial charge on any atom is 0.251 e. The number of nitrogens with zero attached hydrogens (tertiary/aromatic N) is 1. The van der Waals surface area contributed by atoms with Crippen molar-refractivity contribution in [1.29, 1.82) is 0 Å². The molecule has 1 heterocycles. The number of amides is 3. The highest BCUT2D eigenvalue weighted by atomic mass is 32.2. The number of hydrogen-bond donors (Lipinski definition) is 3. The SMILES string of the molecule is Cc1nc(NC(=O)CNC(=O)c2ccc(C(C)(C)C)cc2)sc1SCC(N)=O. The molecule has 9 heteroatoms. The third kappa shape index (κ3) is 6.35. The lowest BCUT2D eigenvalue weighted by molar-refractivity contribution is -0.116. The molecule has 0 aliphatic carbocycles. The lowest BCUT2D eigenvalue weighted by Gasteiger charge is -2.19. The van der Waals surface area contributed by atoms with Crippen LogP contribution in [0.3, 0.4) is 0 Å². The third-order valence-corrected chi connectivity index (χ3v) is 6.23. The lowest BCUT2D eigenvalue weighted by atomic mass is 9.87. The van der Waals surface area contributed by atoms with Gasteiger partial charge >= 0.3 is 0 Å². The average Bonchev–Trinajstić information content (AvgIpc) is 2.96. The zero-order chi connectivity index (χ0) is 20.9. The zero-order valence-electron chi connectivity index (χ0n) is 16.3. The molecule has 0 bridgehead atoms. The van der Waals surface area contributed by atoms with Crippen molar-refractivity contribution < 1.29 is 14.4 Å². The molecule has 7 nitrogen and oxygen atoms in total. The molecule has 0 aliphatic rings. The van der Waals surface area contributed by atoms with Crippen LogP contribution in [-0.2, 0) is 15.0 Å². The summed E-state index contributed by atoms with van der Waals surface area (Å²) < 4.78 is 0.817. The van der Waals surface area contributed by atoms with E-state index in [-0.39, 0.29) is 29.5 Å². The normalized spacial score (nSPS) is 11.1. The first-order valence-electron chi connectivity index (χ1n) is 8.63. The molecule has 1 aromatic carbocycles. The van der Waals surface area contributed by atoms with E-state index in [9.17, 15) is 14.4 Å². The highest BCUT2D eigenvalue weighted by Gasteiger charge is 2.15. The molecule has 1 aromatic heterocycles. The third-order valence-electron chi connectivity index (χ3n) is 3.77. The van der Waals surface area contributed by atoms with E-state index in [2.05, 4.69) is 36.4 Å². The fraction of sp³-hybridized carbons (Fsp3) is 0.368. The van der Waals surface area contributed by atoms with Gasteiger partial charge < -0.3 is 16.4 Å². The molecule has 2 rings (SSSR count). The number of anilines is 1. The minimum absolute atomic E-state index is 0.00924. The molecule has 28 heavy (non-hydrogen) atoms. The number of primary amides is 1. The highest BCUT2D eigenvalue weighted by Crippen LogP contribution is 2.31.